The lowest BCUT2D eigenvalue weighted by molar-refractivity contribution is 0.0888. The van der Waals surface area contributed by atoms with Crippen LogP contribution in [0, 0.1) is 17.7 Å². The number of benzene rings is 2. The fraction of sp³-hybridized carbons (Fsp3) is 0.516. The number of fused-ring (bicyclic) bond motifs is 1. The van der Waals surface area contributed by atoms with E-state index in [-0.39, 0.29) is 12.4 Å². The number of piperidine rings is 1. The molecule has 1 saturated carbocycles. The van der Waals surface area contributed by atoms with E-state index in [1.807, 2.05) is 42.5 Å². The molecule has 2 heterocycles. The number of nitrogens with one attached hydrogen (secondary N) is 1. The van der Waals surface area contributed by atoms with Crippen LogP contribution in [0.25, 0.3) is 10.9 Å². The Labute approximate surface area is 220 Å². The lowest BCUT2D eigenvalue weighted by Crippen LogP contribution is -2.44. The number of carbonyl (C=O) groups excluding carboxylic acids is 1. The number of hydrogen-bond donors (Lipinski definition) is 1. The van der Waals surface area contributed by atoms with E-state index in [1.54, 1.807) is 6.07 Å². The Kier molecular flexibility index (Phi) is 8.14. The summed E-state index contributed by atoms with van der Waals surface area (Å²) in [6.07, 6.45) is 7.03. The second kappa shape index (κ2) is 11.7. The van der Waals surface area contributed by atoms with Crippen molar-refractivity contribution in [2.75, 3.05) is 13.1 Å². The van der Waals surface area contributed by atoms with E-state index in [1.165, 1.54) is 31.7 Å². The molecule has 198 valence electrons. The monoisotopic (exact) mass is 505 g/mol. The molecule has 0 atom stereocenters. The van der Waals surface area contributed by atoms with Crippen LogP contribution in [-0.4, -0.2) is 34.7 Å². The second-order valence-electron chi connectivity index (χ2n) is 11.2. The van der Waals surface area contributed by atoms with E-state index in [0.717, 1.165) is 59.9 Å². The highest BCUT2D eigenvalue weighted by Crippen LogP contribution is 2.36. The van der Waals surface area contributed by atoms with Crippen molar-refractivity contribution in [3.8, 4) is 0 Å². The molecule has 0 radical (unpaired) electrons. The summed E-state index contributed by atoms with van der Waals surface area (Å²) in [4.78, 5) is 15.1. The van der Waals surface area contributed by atoms with Crippen molar-refractivity contribution in [3.05, 3.63) is 71.7 Å². The van der Waals surface area contributed by atoms with Crippen LogP contribution in [0.15, 0.2) is 54.6 Å². The van der Waals surface area contributed by atoms with Gasteiger partial charge in [0.1, 0.15) is 12.4 Å². The highest BCUT2D eigenvalue weighted by molar-refractivity contribution is 5.82. The molecule has 1 saturated heterocycles. The molecule has 1 amide bonds. The fourth-order valence-corrected chi connectivity index (χ4v) is 6.41. The minimum Gasteiger partial charge on any atom is -0.445 e. The molecule has 0 unspecified atom stereocenters. The maximum Gasteiger partial charge on any atom is 0.407 e. The Morgan fingerprint density at radius 1 is 0.973 bits per heavy atom. The molecule has 5 nitrogen and oxygen atoms in total. The van der Waals surface area contributed by atoms with Gasteiger partial charge in [-0.2, -0.15) is 0 Å². The topological polar surface area (TPSA) is 46.5 Å². The zero-order chi connectivity index (χ0) is 25.8. The zero-order valence-electron chi connectivity index (χ0n) is 22.2. The van der Waals surface area contributed by atoms with Gasteiger partial charge in [0, 0.05) is 41.8 Å². The molecular formula is C31H40FN3O2. The molecule has 5 rings (SSSR count). The Morgan fingerprint density at radius 2 is 1.70 bits per heavy atom. The van der Waals surface area contributed by atoms with Gasteiger partial charge in [-0.1, -0.05) is 44.2 Å². The first-order valence-electron chi connectivity index (χ1n) is 14.0. The summed E-state index contributed by atoms with van der Waals surface area (Å²) in [6.45, 7) is 7.49. The van der Waals surface area contributed by atoms with E-state index in [0.29, 0.717) is 18.6 Å². The Bertz CT molecular complexity index is 1180. The number of alkyl carbamates (subject to hydrolysis) is 1. The average molecular weight is 506 g/mol. The number of rotatable bonds is 7. The van der Waals surface area contributed by atoms with Crippen molar-refractivity contribution in [3.63, 3.8) is 0 Å². The first kappa shape index (κ1) is 25.8. The van der Waals surface area contributed by atoms with Crippen molar-refractivity contribution in [2.24, 2.45) is 11.8 Å². The Hall–Kier alpha value is -2.86. The standard InChI is InChI=1S/C31H40FN3O2/c1-22(2)24-8-11-27(12-9-24)34-16-14-28(15-17-34)35-29(19-25-18-26(32)10-13-30(25)35)20-33-31(36)37-21-23-6-4-3-5-7-23/h3-7,10,13,18-19,22,24,27-28H,8-9,11-12,14-17,20-21H2,1-2H3,(H,33,36)/t24-,27+. The summed E-state index contributed by atoms with van der Waals surface area (Å²) < 4.78 is 21.8. The van der Waals surface area contributed by atoms with E-state index in [9.17, 15) is 9.18 Å². The normalized spacial score (nSPS) is 21.4. The van der Waals surface area contributed by atoms with Crippen molar-refractivity contribution in [1.29, 1.82) is 0 Å². The van der Waals surface area contributed by atoms with Crippen molar-refractivity contribution in [1.82, 2.24) is 14.8 Å². The quantitative estimate of drug-likeness (QED) is 0.374. The van der Waals surface area contributed by atoms with Crippen LogP contribution in [0.4, 0.5) is 9.18 Å². The molecule has 1 aliphatic carbocycles. The van der Waals surface area contributed by atoms with Gasteiger partial charge in [0.05, 0.1) is 6.54 Å². The van der Waals surface area contributed by atoms with Crippen molar-refractivity contribution in [2.45, 2.75) is 77.6 Å². The molecule has 1 N–H and O–H groups in total. The van der Waals surface area contributed by atoms with Gasteiger partial charge in [-0.25, -0.2) is 9.18 Å². The lowest BCUT2D eigenvalue weighted by Gasteiger charge is -2.42. The number of halogens is 1. The molecule has 1 aromatic heterocycles. The molecule has 6 heteroatoms. The molecule has 2 aromatic carbocycles. The van der Waals surface area contributed by atoms with Crippen LogP contribution < -0.4 is 5.32 Å². The van der Waals surface area contributed by atoms with Gasteiger partial charge in [0.25, 0.3) is 0 Å². The third-order valence-electron chi connectivity index (χ3n) is 8.57. The summed E-state index contributed by atoms with van der Waals surface area (Å²) in [6, 6.07) is 17.7. The molecular weight excluding hydrogens is 465 g/mol. The summed E-state index contributed by atoms with van der Waals surface area (Å²) in [7, 11) is 0. The fourth-order valence-electron chi connectivity index (χ4n) is 6.41. The molecule has 0 spiro atoms. The van der Waals surface area contributed by atoms with Gasteiger partial charge in [0.2, 0.25) is 0 Å². The predicted octanol–water partition coefficient (Wildman–Crippen LogP) is 7.06. The molecule has 37 heavy (non-hydrogen) atoms. The zero-order valence-corrected chi connectivity index (χ0v) is 22.2. The van der Waals surface area contributed by atoms with E-state index < -0.39 is 6.09 Å². The van der Waals surface area contributed by atoms with Gasteiger partial charge < -0.3 is 19.5 Å². The Morgan fingerprint density at radius 3 is 2.41 bits per heavy atom. The number of amides is 1. The maximum atomic E-state index is 14.0. The number of hydrogen-bond acceptors (Lipinski definition) is 3. The maximum absolute atomic E-state index is 14.0. The van der Waals surface area contributed by atoms with Gasteiger partial charge in [-0.05, 0) is 80.2 Å². The van der Waals surface area contributed by atoms with Crippen LogP contribution in [0.2, 0.25) is 0 Å². The van der Waals surface area contributed by atoms with Gasteiger partial charge >= 0.3 is 6.09 Å². The SMILES string of the molecule is CC(C)[C@H]1CC[C@@H](N2CCC(n3c(CNC(=O)OCc4ccccc4)cc4cc(F)ccc43)CC2)CC1. The largest absolute Gasteiger partial charge is 0.445 e. The molecule has 2 fully saturated rings. The third-order valence-corrected chi connectivity index (χ3v) is 8.57. The number of likely N-dealkylation sites (tertiary alicyclic amines) is 1. The molecule has 1 aliphatic heterocycles. The van der Waals surface area contributed by atoms with Crippen molar-refractivity contribution >= 4 is 17.0 Å². The van der Waals surface area contributed by atoms with Crippen LogP contribution >= 0.6 is 0 Å². The molecule has 0 bridgehead atoms. The van der Waals surface area contributed by atoms with Gasteiger partial charge in [-0.3, -0.25) is 0 Å². The average Bonchev–Trinajstić information content (AvgIpc) is 3.28. The minimum absolute atomic E-state index is 0.235. The first-order valence-corrected chi connectivity index (χ1v) is 14.0. The van der Waals surface area contributed by atoms with Crippen LogP contribution in [0.1, 0.15) is 69.7 Å². The number of aromatic nitrogens is 1. The van der Waals surface area contributed by atoms with E-state index in [2.05, 4.69) is 28.6 Å². The minimum atomic E-state index is -0.446. The smallest absolute Gasteiger partial charge is 0.407 e. The third kappa shape index (κ3) is 6.18. The highest BCUT2D eigenvalue weighted by atomic mass is 19.1. The number of ether oxygens (including phenoxy) is 1. The lowest BCUT2D eigenvalue weighted by atomic mass is 9.79. The summed E-state index contributed by atoms with van der Waals surface area (Å²) in [5.41, 5.74) is 2.98. The van der Waals surface area contributed by atoms with E-state index in [4.69, 9.17) is 4.74 Å². The van der Waals surface area contributed by atoms with Crippen LogP contribution in [0.3, 0.4) is 0 Å². The molecule has 3 aromatic rings. The molecule has 2 aliphatic rings. The summed E-state index contributed by atoms with van der Waals surface area (Å²) in [5.74, 6) is 1.44. The Balaban J connectivity index is 1.23. The summed E-state index contributed by atoms with van der Waals surface area (Å²) >= 11 is 0. The number of nitrogens with zero attached hydrogens (tertiary/aromatic N) is 2. The number of carbonyl (C=O) groups is 1. The highest BCUT2D eigenvalue weighted by Gasteiger charge is 2.31. The van der Waals surface area contributed by atoms with Gasteiger partial charge in [0.15, 0.2) is 0 Å². The summed E-state index contributed by atoms with van der Waals surface area (Å²) in [5, 5.41) is 3.79. The van der Waals surface area contributed by atoms with Crippen LogP contribution in [-0.2, 0) is 17.9 Å². The van der Waals surface area contributed by atoms with Crippen LogP contribution in [0.5, 0.6) is 0 Å². The van der Waals surface area contributed by atoms with Gasteiger partial charge in [-0.15, -0.1) is 0 Å². The second-order valence-corrected chi connectivity index (χ2v) is 11.2. The predicted molar refractivity (Wildman–Crippen MR) is 146 cm³/mol. The van der Waals surface area contributed by atoms with Crippen molar-refractivity contribution < 1.29 is 13.9 Å². The first-order chi connectivity index (χ1) is 18.0. The van der Waals surface area contributed by atoms with E-state index >= 15 is 0 Å².